The Labute approximate surface area is 124 Å². The first-order valence-electron chi connectivity index (χ1n) is 7.09. The summed E-state index contributed by atoms with van der Waals surface area (Å²) in [5, 5.41) is 11.1. The summed E-state index contributed by atoms with van der Waals surface area (Å²) >= 11 is 0. The van der Waals surface area contributed by atoms with Gasteiger partial charge in [-0.15, -0.1) is 0 Å². The number of halogens is 2. The fourth-order valence-electron chi connectivity index (χ4n) is 2.80. The number of anilines is 1. The van der Waals surface area contributed by atoms with Crippen molar-refractivity contribution in [1.29, 1.82) is 0 Å². The number of aromatic nitrogens is 5. The highest BCUT2D eigenvalue weighted by molar-refractivity contribution is 5.74. The van der Waals surface area contributed by atoms with Crippen molar-refractivity contribution in [1.82, 2.24) is 24.8 Å². The molecule has 0 bridgehead atoms. The third-order valence-corrected chi connectivity index (χ3v) is 3.99. The zero-order chi connectivity index (χ0) is 15.2. The molecule has 3 aromatic heterocycles. The van der Waals surface area contributed by atoms with Crippen LogP contribution in [0.3, 0.4) is 0 Å². The lowest BCUT2D eigenvalue weighted by atomic mass is 10.1. The molecule has 1 aliphatic heterocycles. The normalized spacial score (nSPS) is 18.0. The zero-order valence-corrected chi connectivity index (χ0v) is 11.7. The highest BCUT2D eigenvalue weighted by Crippen LogP contribution is 2.32. The van der Waals surface area contributed by atoms with Crippen molar-refractivity contribution in [3.63, 3.8) is 0 Å². The van der Waals surface area contributed by atoms with E-state index >= 15 is 0 Å². The first-order valence-corrected chi connectivity index (χ1v) is 7.09. The van der Waals surface area contributed by atoms with E-state index in [1.165, 1.54) is 0 Å². The number of fused-ring (bicyclic) bond motifs is 1. The number of nitrogens with one attached hydrogen (secondary N) is 1. The average molecular weight is 304 g/mol. The van der Waals surface area contributed by atoms with Crippen LogP contribution in [-0.4, -0.2) is 43.8 Å². The molecule has 0 aliphatic carbocycles. The van der Waals surface area contributed by atoms with Crippen molar-refractivity contribution in [3.8, 4) is 11.5 Å². The van der Waals surface area contributed by atoms with Crippen molar-refractivity contribution in [2.24, 2.45) is 0 Å². The van der Waals surface area contributed by atoms with Crippen LogP contribution < -0.4 is 4.90 Å². The summed E-state index contributed by atoms with van der Waals surface area (Å²) in [4.78, 5) is 6.34. The highest BCUT2D eigenvalue weighted by Gasteiger charge is 2.34. The van der Waals surface area contributed by atoms with E-state index in [4.69, 9.17) is 0 Å². The van der Waals surface area contributed by atoms with E-state index in [1.54, 1.807) is 23.1 Å². The van der Waals surface area contributed by atoms with Crippen LogP contribution in [0.2, 0.25) is 0 Å². The highest BCUT2D eigenvalue weighted by atomic mass is 19.3. The monoisotopic (exact) mass is 304 g/mol. The van der Waals surface area contributed by atoms with Crippen molar-refractivity contribution in [2.75, 3.05) is 18.0 Å². The molecule has 0 unspecified atom stereocenters. The number of hydrogen-bond acceptors (Lipinski definition) is 4. The average Bonchev–Trinajstić information content (AvgIpc) is 3.15. The number of rotatable bonds is 2. The molecule has 6 nitrogen and oxygen atoms in total. The van der Waals surface area contributed by atoms with Crippen LogP contribution in [0.15, 0.2) is 30.7 Å². The number of H-pyrrole nitrogens is 1. The maximum Gasteiger partial charge on any atom is 0.251 e. The maximum atomic E-state index is 13.3. The Morgan fingerprint density at radius 3 is 2.68 bits per heavy atom. The summed E-state index contributed by atoms with van der Waals surface area (Å²) in [7, 11) is 0. The van der Waals surface area contributed by atoms with Crippen LogP contribution >= 0.6 is 0 Å². The summed E-state index contributed by atoms with van der Waals surface area (Å²) in [6.07, 6.45) is 4.78. The van der Waals surface area contributed by atoms with Gasteiger partial charge in [0.05, 0.1) is 18.1 Å². The second-order valence-electron chi connectivity index (χ2n) is 5.41. The molecule has 4 rings (SSSR count). The first-order chi connectivity index (χ1) is 10.6. The molecule has 1 N–H and O–H groups in total. The van der Waals surface area contributed by atoms with Crippen LogP contribution in [0, 0.1) is 0 Å². The minimum absolute atomic E-state index is 0.122. The van der Waals surface area contributed by atoms with E-state index in [2.05, 4.69) is 20.3 Å². The van der Waals surface area contributed by atoms with Crippen molar-refractivity contribution >= 4 is 11.2 Å². The lowest BCUT2D eigenvalue weighted by Gasteiger charge is -2.33. The molecule has 1 saturated heterocycles. The molecule has 0 spiro atoms. The lowest BCUT2D eigenvalue weighted by Crippen LogP contribution is -2.39. The molecule has 0 saturated carbocycles. The molecule has 1 fully saturated rings. The Kier molecular flexibility index (Phi) is 2.85. The van der Waals surface area contributed by atoms with Crippen LogP contribution in [0.1, 0.15) is 12.8 Å². The predicted octanol–water partition coefficient (Wildman–Crippen LogP) is 2.35. The third-order valence-electron chi connectivity index (χ3n) is 3.99. The Balaban J connectivity index is 1.74. The molecule has 0 aromatic carbocycles. The Bertz CT molecular complexity index is 785. The van der Waals surface area contributed by atoms with Gasteiger partial charge in [-0.1, -0.05) is 0 Å². The van der Waals surface area contributed by atoms with Gasteiger partial charge in [0.2, 0.25) is 0 Å². The third kappa shape index (κ3) is 2.11. The lowest BCUT2D eigenvalue weighted by molar-refractivity contribution is -0.0220. The molecule has 8 heteroatoms. The molecule has 4 heterocycles. The van der Waals surface area contributed by atoms with E-state index in [0.29, 0.717) is 18.9 Å². The van der Waals surface area contributed by atoms with E-state index in [-0.39, 0.29) is 12.8 Å². The molecule has 3 aromatic rings. The largest absolute Gasteiger partial charge is 0.369 e. The molecule has 0 amide bonds. The number of piperidine rings is 1. The van der Waals surface area contributed by atoms with E-state index < -0.39 is 5.92 Å². The van der Waals surface area contributed by atoms with Gasteiger partial charge in [-0.3, -0.25) is 5.10 Å². The number of aromatic amines is 1. The summed E-state index contributed by atoms with van der Waals surface area (Å²) in [6.45, 7) is 0.661. The first kappa shape index (κ1) is 13.2. The summed E-state index contributed by atoms with van der Waals surface area (Å²) in [5.74, 6) is -1.90. The summed E-state index contributed by atoms with van der Waals surface area (Å²) < 4.78 is 28.4. The van der Waals surface area contributed by atoms with Gasteiger partial charge in [-0.05, 0) is 12.1 Å². The van der Waals surface area contributed by atoms with E-state index in [9.17, 15) is 8.78 Å². The molecule has 1 aliphatic rings. The van der Waals surface area contributed by atoms with Crippen molar-refractivity contribution in [2.45, 2.75) is 18.8 Å². The minimum Gasteiger partial charge on any atom is -0.369 e. The topological polar surface area (TPSA) is 62.1 Å². The smallest absolute Gasteiger partial charge is 0.251 e. The van der Waals surface area contributed by atoms with Crippen LogP contribution in [0.5, 0.6) is 0 Å². The minimum atomic E-state index is -2.55. The molecule has 0 radical (unpaired) electrons. The standard InChI is InChI=1S/C14H14F2N6/c15-14(16)3-7-21(8-4-14)11-2-6-19-22-12(11)9-17-13(22)10-1-5-18-20-10/h1-2,5-6,9H,3-4,7-8H2,(H,18,20). The van der Waals surface area contributed by atoms with Gasteiger partial charge in [-0.2, -0.15) is 10.2 Å². The number of alkyl halides is 2. The van der Waals surface area contributed by atoms with E-state index in [1.807, 2.05) is 17.0 Å². The van der Waals surface area contributed by atoms with Crippen LogP contribution in [0.4, 0.5) is 14.5 Å². The van der Waals surface area contributed by atoms with Crippen LogP contribution in [-0.2, 0) is 0 Å². The second kappa shape index (κ2) is 4.75. The fraction of sp³-hybridized carbons (Fsp3) is 0.357. The number of nitrogens with zero attached hydrogens (tertiary/aromatic N) is 5. The Morgan fingerprint density at radius 2 is 1.95 bits per heavy atom. The SMILES string of the molecule is FC1(F)CCN(c2ccnn3c(-c4ccn[nH]4)ncc23)CC1. The summed E-state index contributed by atoms with van der Waals surface area (Å²) in [6, 6.07) is 3.65. The Morgan fingerprint density at radius 1 is 1.14 bits per heavy atom. The van der Waals surface area contributed by atoms with Crippen molar-refractivity contribution < 1.29 is 8.78 Å². The van der Waals surface area contributed by atoms with Gasteiger partial charge in [0.25, 0.3) is 5.92 Å². The van der Waals surface area contributed by atoms with Gasteiger partial charge >= 0.3 is 0 Å². The zero-order valence-electron chi connectivity index (χ0n) is 11.7. The van der Waals surface area contributed by atoms with Gasteiger partial charge in [-0.25, -0.2) is 18.3 Å². The molecule has 22 heavy (non-hydrogen) atoms. The van der Waals surface area contributed by atoms with Gasteiger partial charge in [0.1, 0.15) is 11.2 Å². The quantitative estimate of drug-likeness (QED) is 0.789. The van der Waals surface area contributed by atoms with Gasteiger partial charge < -0.3 is 4.90 Å². The van der Waals surface area contributed by atoms with Crippen LogP contribution in [0.25, 0.3) is 17.0 Å². The molecule has 0 atom stereocenters. The van der Waals surface area contributed by atoms with Gasteiger partial charge in [0.15, 0.2) is 5.82 Å². The maximum absolute atomic E-state index is 13.3. The number of hydrogen-bond donors (Lipinski definition) is 1. The molecule has 114 valence electrons. The number of imidazole rings is 1. The second-order valence-corrected chi connectivity index (χ2v) is 5.41. The fourth-order valence-corrected chi connectivity index (χ4v) is 2.80. The predicted molar refractivity (Wildman–Crippen MR) is 77.0 cm³/mol. The van der Waals surface area contributed by atoms with E-state index in [0.717, 1.165) is 16.9 Å². The molecular formula is C14H14F2N6. The summed E-state index contributed by atoms with van der Waals surface area (Å²) in [5.41, 5.74) is 2.44. The molecular weight excluding hydrogens is 290 g/mol. The van der Waals surface area contributed by atoms with Gasteiger partial charge in [0, 0.05) is 32.1 Å². The van der Waals surface area contributed by atoms with Crippen molar-refractivity contribution in [3.05, 3.63) is 30.7 Å². The Hall–Kier alpha value is -2.51.